The molecule has 0 bridgehead atoms. The number of rotatable bonds is 8. The molecule has 4 nitrogen and oxygen atoms in total. The Morgan fingerprint density at radius 2 is 1.78 bits per heavy atom. The summed E-state index contributed by atoms with van der Waals surface area (Å²) in [6.07, 6.45) is 0.182. The summed E-state index contributed by atoms with van der Waals surface area (Å²) in [5, 5.41) is 0. The third kappa shape index (κ3) is 5.49. The molecule has 18 heavy (non-hydrogen) atoms. The van der Waals surface area contributed by atoms with Gasteiger partial charge in [0.2, 0.25) is 0 Å². The highest BCUT2D eigenvalue weighted by atomic mass is 16.5. The largest absolute Gasteiger partial charge is 0.491 e. The number of nitrogens with two attached hydrogens (primary N) is 1. The minimum atomic E-state index is -0.116. The second-order valence-electron chi connectivity index (χ2n) is 4.41. The van der Waals surface area contributed by atoms with Crippen LogP contribution in [0.25, 0.3) is 0 Å². The number of hydrogen-bond acceptors (Lipinski definition) is 4. The smallest absolute Gasteiger partial charge is 0.119 e. The van der Waals surface area contributed by atoms with Crippen LogP contribution in [-0.2, 0) is 9.47 Å². The molecule has 0 aliphatic rings. The van der Waals surface area contributed by atoms with Crippen LogP contribution in [0.3, 0.4) is 0 Å². The molecule has 1 atom stereocenters. The van der Waals surface area contributed by atoms with Gasteiger partial charge in [0.25, 0.3) is 0 Å². The molecule has 0 fully saturated rings. The van der Waals surface area contributed by atoms with E-state index in [0.717, 1.165) is 11.3 Å². The average Bonchev–Trinajstić information content (AvgIpc) is 2.34. The Morgan fingerprint density at radius 3 is 2.33 bits per heavy atom. The number of ether oxygens (including phenoxy) is 3. The summed E-state index contributed by atoms with van der Waals surface area (Å²) in [5.74, 6) is 0.862. The lowest BCUT2D eigenvalue weighted by molar-refractivity contribution is 0.0636. The van der Waals surface area contributed by atoms with Gasteiger partial charge in [0.15, 0.2) is 0 Å². The molecular formula is C14H23NO3. The molecule has 0 heterocycles. The monoisotopic (exact) mass is 253 g/mol. The van der Waals surface area contributed by atoms with Crippen LogP contribution in [0.15, 0.2) is 24.3 Å². The zero-order valence-electron chi connectivity index (χ0n) is 11.4. The van der Waals surface area contributed by atoms with Crippen molar-refractivity contribution in [2.75, 3.05) is 26.9 Å². The summed E-state index contributed by atoms with van der Waals surface area (Å²) in [5.41, 5.74) is 7.07. The van der Waals surface area contributed by atoms with Gasteiger partial charge in [-0.25, -0.2) is 0 Å². The van der Waals surface area contributed by atoms with Gasteiger partial charge in [-0.1, -0.05) is 12.1 Å². The lowest BCUT2D eigenvalue weighted by Gasteiger charge is -2.14. The number of benzene rings is 1. The molecule has 1 rings (SSSR count). The van der Waals surface area contributed by atoms with Gasteiger partial charge in [0, 0.05) is 7.11 Å². The highest BCUT2D eigenvalue weighted by Gasteiger charge is 2.06. The van der Waals surface area contributed by atoms with Crippen molar-refractivity contribution in [1.82, 2.24) is 0 Å². The van der Waals surface area contributed by atoms with Crippen LogP contribution in [0.5, 0.6) is 5.75 Å². The van der Waals surface area contributed by atoms with Crippen LogP contribution in [0.4, 0.5) is 0 Å². The molecule has 0 aliphatic carbocycles. The van der Waals surface area contributed by atoms with Crippen LogP contribution < -0.4 is 10.5 Å². The van der Waals surface area contributed by atoms with Crippen molar-refractivity contribution in [3.8, 4) is 5.75 Å². The molecule has 0 saturated carbocycles. The zero-order valence-corrected chi connectivity index (χ0v) is 11.4. The summed E-state index contributed by atoms with van der Waals surface area (Å²) in [6.45, 7) is 5.66. The third-order valence-electron chi connectivity index (χ3n) is 2.41. The van der Waals surface area contributed by atoms with Crippen molar-refractivity contribution >= 4 is 0 Å². The summed E-state index contributed by atoms with van der Waals surface area (Å²) < 4.78 is 15.9. The van der Waals surface area contributed by atoms with Crippen molar-refractivity contribution in [3.63, 3.8) is 0 Å². The molecule has 0 saturated heterocycles. The molecule has 0 amide bonds. The van der Waals surface area contributed by atoms with Crippen molar-refractivity contribution in [3.05, 3.63) is 29.8 Å². The summed E-state index contributed by atoms with van der Waals surface area (Å²) in [4.78, 5) is 0. The Balaban J connectivity index is 2.41. The van der Waals surface area contributed by atoms with Crippen LogP contribution >= 0.6 is 0 Å². The first-order valence-corrected chi connectivity index (χ1v) is 6.22. The van der Waals surface area contributed by atoms with E-state index >= 15 is 0 Å². The maximum Gasteiger partial charge on any atom is 0.119 e. The van der Waals surface area contributed by atoms with Gasteiger partial charge in [-0.05, 0) is 31.5 Å². The maximum absolute atomic E-state index is 6.02. The molecule has 1 unspecified atom stereocenters. The predicted octanol–water partition coefficient (Wildman–Crippen LogP) is 2.14. The fourth-order valence-electron chi connectivity index (χ4n) is 1.51. The third-order valence-corrected chi connectivity index (χ3v) is 2.41. The summed E-state index contributed by atoms with van der Waals surface area (Å²) in [6, 6.07) is 7.70. The van der Waals surface area contributed by atoms with E-state index in [9.17, 15) is 0 Å². The van der Waals surface area contributed by atoms with Crippen molar-refractivity contribution in [2.24, 2.45) is 5.73 Å². The van der Waals surface area contributed by atoms with Crippen LogP contribution in [0.2, 0.25) is 0 Å². The van der Waals surface area contributed by atoms with Crippen molar-refractivity contribution in [2.45, 2.75) is 26.0 Å². The van der Waals surface area contributed by atoms with E-state index in [1.165, 1.54) is 0 Å². The molecule has 102 valence electrons. The highest BCUT2D eigenvalue weighted by molar-refractivity contribution is 5.29. The summed E-state index contributed by atoms with van der Waals surface area (Å²) in [7, 11) is 1.65. The number of methoxy groups -OCH3 is 1. The Kier molecular flexibility index (Phi) is 6.72. The standard InChI is InChI=1S/C14H23NO3/c1-11(2)18-13-6-4-12(5-7-13)14(15)10-17-9-8-16-3/h4-7,11,14H,8-10,15H2,1-3H3. The van der Waals surface area contributed by atoms with E-state index in [0.29, 0.717) is 19.8 Å². The highest BCUT2D eigenvalue weighted by Crippen LogP contribution is 2.17. The lowest BCUT2D eigenvalue weighted by atomic mass is 10.1. The quantitative estimate of drug-likeness (QED) is 0.721. The second kappa shape index (κ2) is 8.08. The van der Waals surface area contributed by atoms with E-state index in [-0.39, 0.29) is 12.1 Å². The van der Waals surface area contributed by atoms with Gasteiger partial charge in [-0.3, -0.25) is 0 Å². The van der Waals surface area contributed by atoms with Crippen LogP contribution in [0.1, 0.15) is 25.5 Å². The van der Waals surface area contributed by atoms with Crippen LogP contribution in [0, 0.1) is 0 Å². The van der Waals surface area contributed by atoms with E-state index in [4.69, 9.17) is 19.9 Å². The average molecular weight is 253 g/mol. The summed E-state index contributed by atoms with van der Waals surface area (Å²) >= 11 is 0. The molecule has 1 aromatic carbocycles. The Morgan fingerprint density at radius 1 is 1.11 bits per heavy atom. The Labute approximate surface area is 109 Å². The zero-order chi connectivity index (χ0) is 13.4. The first kappa shape index (κ1) is 15.0. The Bertz CT molecular complexity index is 324. The molecule has 0 radical (unpaired) electrons. The van der Waals surface area contributed by atoms with Gasteiger partial charge in [0.1, 0.15) is 5.75 Å². The van der Waals surface area contributed by atoms with Gasteiger partial charge in [0.05, 0.1) is 32.0 Å². The van der Waals surface area contributed by atoms with E-state index in [1.807, 2.05) is 38.1 Å². The van der Waals surface area contributed by atoms with Gasteiger partial charge >= 0.3 is 0 Å². The van der Waals surface area contributed by atoms with Crippen molar-refractivity contribution in [1.29, 1.82) is 0 Å². The molecular weight excluding hydrogens is 230 g/mol. The minimum Gasteiger partial charge on any atom is -0.491 e. The van der Waals surface area contributed by atoms with Gasteiger partial charge < -0.3 is 19.9 Å². The van der Waals surface area contributed by atoms with Crippen molar-refractivity contribution < 1.29 is 14.2 Å². The second-order valence-corrected chi connectivity index (χ2v) is 4.41. The molecule has 4 heteroatoms. The SMILES string of the molecule is COCCOCC(N)c1ccc(OC(C)C)cc1. The van der Waals surface area contributed by atoms with Gasteiger partial charge in [-0.15, -0.1) is 0 Å². The Hall–Kier alpha value is -1.10. The fraction of sp³-hybridized carbons (Fsp3) is 0.571. The minimum absolute atomic E-state index is 0.116. The van der Waals surface area contributed by atoms with E-state index < -0.39 is 0 Å². The van der Waals surface area contributed by atoms with Crippen LogP contribution in [-0.4, -0.2) is 33.0 Å². The topological polar surface area (TPSA) is 53.7 Å². The first-order chi connectivity index (χ1) is 8.63. The first-order valence-electron chi connectivity index (χ1n) is 6.22. The molecule has 0 spiro atoms. The number of hydrogen-bond donors (Lipinski definition) is 1. The fourth-order valence-corrected chi connectivity index (χ4v) is 1.51. The van der Waals surface area contributed by atoms with E-state index in [1.54, 1.807) is 7.11 Å². The van der Waals surface area contributed by atoms with Gasteiger partial charge in [-0.2, -0.15) is 0 Å². The van der Waals surface area contributed by atoms with E-state index in [2.05, 4.69) is 0 Å². The lowest BCUT2D eigenvalue weighted by Crippen LogP contribution is -2.18. The molecule has 0 aliphatic heterocycles. The molecule has 1 aromatic rings. The molecule has 0 aromatic heterocycles. The normalized spacial score (nSPS) is 12.7. The molecule has 2 N–H and O–H groups in total. The predicted molar refractivity (Wildman–Crippen MR) is 71.8 cm³/mol. The maximum atomic E-state index is 6.02.